The number of carboxylic acid groups (broad SMARTS) is 2. The minimum atomic E-state index is -1.26. The average molecular weight is 556 g/mol. The number of nitrogens with one attached hydrogen (secondary N) is 1. The summed E-state index contributed by atoms with van der Waals surface area (Å²) in [7, 11) is 0. The van der Waals surface area contributed by atoms with Crippen LogP contribution in [0.25, 0.3) is 12.2 Å². The second-order valence-corrected chi connectivity index (χ2v) is 11.9. The number of aliphatic hydroxyl groups is 1. The maximum atomic E-state index is 10.4. The summed E-state index contributed by atoms with van der Waals surface area (Å²) in [4.78, 5) is 19.1. The second-order valence-electron chi connectivity index (χ2n) is 11.9. The van der Waals surface area contributed by atoms with Crippen molar-refractivity contribution >= 4 is 24.1 Å². The van der Waals surface area contributed by atoms with Crippen molar-refractivity contribution in [1.29, 1.82) is 0 Å². The van der Waals surface area contributed by atoms with Crippen molar-refractivity contribution < 1.29 is 34.8 Å². The van der Waals surface area contributed by atoms with Gasteiger partial charge in [-0.15, -0.1) is 0 Å². The minimum absolute atomic E-state index is 0.126. The Labute approximate surface area is 238 Å². The van der Waals surface area contributed by atoms with Crippen molar-refractivity contribution in [3.8, 4) is 11.5 Å². The SMILES string of the molecule is CC(C)NCC(O)COc1c(C(C)(C)C)cc(/C=C/c2ccc(O)cc2)cc1C(C)(C)C.O=C(O)/C=C\C(=O)O. The second kappa shape index (κ2) is 15.2. The minimum Gasteiger partial charge on any atom is -0.508 e. The van der Waals surface area contributed by atoms with Crippen LogP contribution in [-0.4, -0.2) is 57.7 Å². The van der Waals surface area contributed by atoms with Crippen LogP contribution in [0.2, 0.25) is 0 Å². The lowest BCUT2D eigenvalue weighted by molar-refractivity contribution is -0.134. The van der Waals surface area contributed by atoms with E-state index < -0.39 is 18.0 Å². The van der Waals surface area contributed by atoms with Crippen LogP contribution in [0, 0.1) is 0 Å². The highest BCUT2D eigenvalue weighted by Gasteiger charge is 2.28. The molecule has 0 bridgehead atoms. The number of carbonyl (C=O) groups is 2. The normalized spacial score (nSPS) is 12.8. The van der Waals surface area contributed by atoms with Gasteiger partial charge in [-0.05, 0) is 46.2 Å². The quantitative estimate of drug-likeness (QED) is 0.189. The number of aromatic hydroxyl groups is 1. The van der Waals surface area contributed by atoms with E-state index in [0.717, 1.165) is 28.0 Å². The first-order chi connectivity index (χ1) is 18.4. The average Bonchev–Trinajstić information content (AvgIpc) is 2.83. The van der Waals surface area contributed by atoms with E-state index in [1.165, 1.54) is 0 Å². The lowest BCUT2D eigenvalue weighted by Gasteiger charge is -2.31. The lowest BCUT2D eigenvalue weighted by Crippen LogP contribution is -2.35. The fourth-order valence-electron chi connectivity index (χ4n) is 3.55. The lowest BCUT2D eigenvalue weighted by atomic mass is 9.78. The molecule has 1 atom stereocenters. The van der Waals surface area contributed by atoms with Crippen molar-refractivity contribution in [1.82, 2.24) is 5.32 Å². The summed E-state index contributed by atoms with van der Waals surface area (Å²) < 4.78 is 6.30. The first kappa shape index (κ1) is 34.4. The highest BCUT2D eigenvalue weighted by molar-refractivity contribution is 5.89. The molecule has 2 aromatic rings. The molecule has 0 amide bonds. The predicted octanol–water partition coefficient (Wildman–Crippen LogP) is 5.61. The van der Waals surface area contributed by atoms with Crippen LogP contribution >= 0.6 is 0 Å². The Morgan fingerprint density at radius 3 is 1.70 bits per heavy atom. The van der Waals surface area contributed by atoms with Gasteiger partial charge in [0, 0.05) is 35.9 Å². The molecule has 0 saturated heterocycles. The van der Waals surface area contributed by atoms with E-state index in [1.54, 1.807) is 12.1 Å². The Morgan fingerprint density at radius 2 is 1.30 bits per heavy atom. The van der Waals surface area contributed by atoms with Gasteiger partial charge in [-0.3, -0.25) is 0 Å². The van der Waals surface area contributed by atoms with Crippen molar-refractivity contribution in [2.24, 2.45) is 0 Å². The summed E-state index contributed by atoms with van der Waals surface area (Å²) in [5.74, 6) is -1.38. The zero-order chi connectivity index (χ0) is 30.7. The number of carboxylic acids is 2. The van der Waals surface area contributed by atoms with E-state index in [4.69, 9.17) is 14.9 Å². The number of aliphatic hydroxyl groups excluding tert-OH is 1. The van der Waals surface area contributed by atoms with Crippen molar-refractivity contribution in [3.05, 3.63) is 70.8 Å². The smallest absolute Gasteiger partial charge is 0.328 e. The fraction of sp³-hybridized carbons (Fsp3) is 0.438. The molecule has 0 radical (unpaired) electrons. The molecule has 0 spiro atoms. The van der Waals surface area contributed by atoms with E-state index in [-0.39, 0.29) is 23.2 Å². The van der Waals surface area contributed by atoms with Crippen LogP contribution in [0.3, 0.4) is 0 Å². The van der Waals surface area contributed by atoms with Crippen LogP contribution in [0.15, 0.2) is 48.6 Å². The standard InChI is InChI=1S/C28H41NO3.C4H4O4/c1-19(2)29-17-23(31)18-32-26-24(27(3,4)5)15-21(16-25(26)28(6,7)8)10-9-20-11-13-22(30)14-12-20;5-3(6)1-2-4(7)8/h9-16,19,23,29-31H,17-18H2,1-8H3;1-2H,(H,5,6)(H,7,8)/b10-9+;2-1-. The molecule has 220 valence electrons. The molecule has 8 nitrogen and oxygen atoms in total. The molecule has 0 saturated carbocycles. The highest BCUT2D eigenvalue weighted by atomic mass is 16.5. The molecule has 2 rings (SSSR count). The largest absolute Gasteiger partial charge is 0.508 e. The molecule has 5 N–H and O–H groups in total. The molecular formula is C32H45NO7. The third-order valence-corrected chi connectivity index (χ3v) is 5.64. The number of ether oxygens (including phenoxy) is 1. The van der Waals surface area contributed by atoms with Gasteiger partial charge in [0.05, 0.1) is 0 Å². The number of phenols is 1. The van der Waals surface area contributed by atoms with E-state index >= 15 is 0 Å². The van der Waals surface area contributed by atoms with Gasteiger partial charge in [0.25, 0.3) is 0 Å². The molecule has 2 aromatic carbocycles. The Bertz CT molecular complexity index is 1120. The topological polar surface area (TPSA) is 136 Å². The molecular weight excluding hydrogens is 510 g/mol. The third kappa shape index (κ3) is 13.0. The van der Waals surface area contributed by atoms with Crippen molar-refractivity contribution in [3.63, 3.8) is 0 Å². The summed E-state index contributed by atoms with van der Waals surface area (Å²) in [5, 5.41) is 38.8. The van der Waals surface area contributed by atoms with Crippen LogP contribution in [-0.2, 0) is 20.4 Å². The van der Waals surface area contributed by atoms with Gasteiger partial charge in [0.1, 0.15) is 24.2 Å². The van der Waals surface area contributed by atoms with Gasteiger partial charge >= 0.3 is 11.9 Å². The maximum Gasteiger partial charge on any atom is 0.328 e. The van der Waals surface area contributed by atoms with Crippen LogP contribution in [0.1, 0.15) is 77.6 Å². The van der Waals surface area contributed by atoms with Gasteiger partial charge in [-0.1, -0.05) is 79.7 Å². The summed E-state index contributed by atoms with van der Waals surface area (Å²) in [6, 6.07) is 11.9. The highest BCUT2D eigenvalue weighted by Crippen LogP contribution is 2.41. The molecule has 0 aromatic heterocycles. The third-order valence-electron chi connectivity index (χ3n) is 5.64. The first-order valence-electron chi connectivity index (χ1n) is 13.2. The Balaban J connectivity index is 0.000000869. The summed E-state index contributed by atoms with van der Waals surface area (Å²) in [5.41, 5.74) is 4.12. The number of benzene rings is 2. The molecule has 8 heteroatoms. The summed E-state index contributed by atoms with van der Waals surface area (Å²) in [6.07, 6.45) is 4.69. The number of aliphatic carboxylic acids is 2. The Morgan fingerprint density at radius 1 is 0.850 bits per heavy atom. The Hall–Kier alpha value is -3.62. The fourth-order valence-corrected chi connectivity index (χ4v) is 3.55. The van der Waals surface area contributed by atoms with Gasteiger partial charge in [-0.2, -0.15) is 0 Å². The molecule has 0 aliphatic carbocycles. The van der Waals surface area contributed by atoms with Crippen LogP contribution in [0.5, 0.6) is 11.5 Å². The molecule has 0 aliphatic rings. The number of hydrogen-bond donors (Lipinski definition) is 5. The molecule has 1 unspecified atom stereocenters. The van der Waals surface area contributed by atoms with Crippen LogP contribution < -0.4 is 10.1 Å². The van der Waals surface area contributed by atoms with Crippen LogP contribution in [0.4, 0.5) is 0 Å². The van der Waals surface area contributed by atoms with Gasteiger partial charge in [-0.25, -0.2) is 9.59 Å². The van der Waals surface area contributed by atoms with E-state index in [2.05, 4.69) is 85.0 Å². The van der Waals surface area contributed by atoms with Crippen molar-refractivity contribution in [2.75, 3.05) is 13.2 Å². The van der Waals surface area contributed by atoms with E-state index in [9.17, 15) is 19.8 Å². The summed E-state index contributed by atoms with van der Waals surface area (Å²) in [6.45, 7) is 18.0. The predicted molar refractivity (Wildman–Crippen MR) is 160 cm³/mol. The zero-order valence-electron chi connectivity index (χ0n) is 24.9. The Kier molecular flexibility index (Phi) is 13.1. The number of rotatable bonds is 10. The number of phenolic OH excluding ortho intramolecular Hbond substituents is 1. The van der Waals surface area contributed by atoms with Gasteiger partial charge < -0.3 is 30.5 Å². The molecule has 40 heavy (non-hydrogen) atoms. The van der Waals surface area contributed by atoms with E-state index in [1.807, 2.05) is 12.1 Å². The van der Waals surface area contributed by atoms with Gasteiger partial charge in [0.15, 0.2) is 0 Å². The number of hydrogen-bond acceptors (Lipinski definition) is 6. The van der Waals surface area contributed by atoms with E-state index in [0.29, 0.717) is 24.7 Å². The monoisotopic (exact) mass is 555 g/mol. The maximum absolute atomic E-state index is 10.4. The van der Waals surface area contributed by atoms with Crippen molar-refractivity contribution in [2.45, 2.75) is 78.4 Å². The zero-order valence-corrected chi connectivity index (χ0v) is 24.9. The first-order valence-corrected chi connectivity index (χ1v) is 13.2. The van der Waals surface area contributed by atoms with Gasteiger partial charge in [0.2, 0.25) is 0 Å². The molecule has 0 heterocycles. The molecule has 0 fully saturated rings. The summed E-state index contributed by atoms with van der Waals surface area (Å²) >= 11 is 0. The molecule has 0 aliphatic heterocycles.